The fourth-order valence-corrected chi connectivity index (χ4v) is 2.55. The Morgan fingerprint density at radius 2 is 2.16 bits per heavy atom. The molecule has 0 saturated carbocycles. The molecular weight excluding hydrogens is 246 g/mol. The number of likely N-dealkylation sites (tertiary alicyclic amines) is 1. The number of nitrogens with two attached hydrogens (primary N) is 1. The molecule has 106 valence electrons. The molecule has 19 heavy (non-hydrogen) atoms. The van der Waals surface area contributed by atoms with E-state index >= 15 is 0 Å². The van der Waals surface area contributed by atoms with Crippen LogP contribution in [0.3, 0.4) is 0 Å². The van der Waals surface area contributed by atoms with Gasteiger partial charge in [0.2, 0.25) is 0 Å². The summed E-state index contributed by atoms with van der Waals surface area (Å²) in [5.74, 6) is 0.834. The molecular formula is C13H21N3O3. The summed E-state index contributed by atoms with van der Waals surface area (Å²) in [6.45, 7) is 4.38. The summed E-state index contributed by atoms with van der Waals surface area (Å²) in [5, 5.41) is 0. The summed E-state index contributed by atoms with van der Waals surface area (Å²) in [4.78, 5) is 25.5. The molecule has 2 N–H and O–H groups in total. The van der Waals surface area contributed by atoms with Crippen molar-refractivity contribution in [1.82, 2.24) is 9.64 Å². The predicted octanol–water partition coefficient (Wildman–Crippen LogP) is 0.451. The normalized spacial score (nSPS) is 17.8. The Kier molecular flexibility index (Phi) is 4.55. The molecule has 1 fully saturated rings. The van der Waals surface area contributed by atoms with E-state index in [-0.39, 0.29) is 18.0 Å². The third-order valence-electron chi connectivity index (χ3n) is 3.63. The average Bonchev–Trinajstić information content (AvgIpc) is 2.71. The van der Waals surface area contributed by atoms with E-state index in [2.05, 4.69) is 4.90 Å². The number of aromatic nitrogens is 1. The van der Waals surface area contributed by atoms with Crippen LogP contribution in [0.25, 0.3) is 0 Å². The molecule has 1 aromatic heterocycles. The van der Waals surface area contributed by atoms with Crippen LogP contribution in [0.15, 0.2) is 15.4 Å². The maximum Gasteiger partial charge on any atom is 0.290 e. The molecule has 2 rings (SSSR count). The maximum absolute atomic E-state index is 12.0. The molecule has 0 spiro atoms. The van der Waals surface area contributed by atoms with E-state index < -0.39 is 0 Å². The van der Waals surface area contributed by atoms with E-state index in [1.54, 1.807) is 6.92 Å². The van der Waals surface area contributed by atoms with E-state index in [1.807, 2.05) is 0 Å². The van der Waals surface area contributed by atoms with Crippen LogP contribution in [0.4, 0.5) is 0 Å². The summed E-state index contributed by atoms with van der Waals surface area (Å²) in [7, 11) is 0. The lowest BCUT2D eigenvalue weighted by Gasteiger charge is -2.30. The van der Waals surface area contributed by atoms with Gasteiger partial charge in [0.1, 0.15) is 5.76 Å². The van der Waals surface area contributed by atoms with Gasteiger partial charge >= 0.3 is 0 Å². The quantitative estimate of drug-likeness (QED) is 0.856. The van der Waals surface area contributed by atoms with Crippen molar-refractivity contribution < 1.29 is 9.32 Å². The minimum Gasteiger partial charge on any atom is -0.373 e. The Morgan fingerprint density at radius 1 is 1.47 bits per heavy atom. The van der Waals surface area contributed by atoms with Gasteiger partial charge in [-0.1, -0.05) is 0 Å². The fourth-order valence-electron chi connectivity index (χ4n) is 2.55. The van der Waals surface area contributed by atoms with Crippen molar-refractivity contribution in [2.45, 2.75) is 26.2 Å². The largest absolute Gasteiger partial charge is 0.373 e. The second kappa shape index (κ2) is 6.16. The Labute approximate surface area is 112 Å². The summed E-state index contributed by atoms with van der Waals surface area (Å²) in [5.41, 5.74) is 5.16. The van der Waals surface area contributed by atoms with Gasteiger partial charge in [-0.15, -0.1) is 4.74 Å². The smallest absolute Gasteiger partial charge is 0.290 e. The van der Waals surface area contributed by atoms with Gasteiger partial charge in [0.25, 0.3) is 11.5 Å². The highest BCUT2D eigenvalue weighted by Crippen LogP contribution is 2.19. The fraction of sp³-hybridized carbons (Fsp3) is 0.692. The van der Waals surface area contributed by atoms with Crippen LogP contribution in [0.5, 0.6) is 0 Å². The van der Waals surface area contributed by atoms with Gasteiger partial charge in [-0.05, 0) is 51.7 Å². The van der Waals surface area contributed by atoms with E-state index in [1.165, 1.54) is 6.07 Å². The van der Waals surface area contributed by atoms with Gasteiger partial charge in [-0.2, -0.15) is 0 Å². The molecule has 6 nitrogen and oxygen atoms in total. The Hall–Kier alpha value is -1.40. The van der Waals surface area contributed by atoms with Crippen molar-refractivity contribution >= 4 is 5.91 Å². The van der Waals surface area contributed by atoms with Gasteiger partial charge in [0.15, 0.2) is 0 Å². The molecule has 1 aliphatic heterocycles. The summed E-state index contributed by atoms with van der Waals surface area (Å²) >= 11 is 0. The van der Waals surface area contributed by atoms with E-state index in [0.717, 1.165) is 43.6 Å². The highest BCUT2D eigenvalue weighted by molar-refractivity contribution is 5.79. The Morgan fingerprint density at radius 3 is 2.68 bits per heavy atom. The topological polar surface area (TPSA) is 81.5 Å². The molecule has 2 heterocycles. The van der Waals surface area contributed by atoms with Crippen molar-refractivity contribution in [3.8, 4) is 0 Å². The third kappa shape index (κ3) is 3.54. The lowest BCUT2D eigenvalue weighted by Crippen LogP contribution is -2.40. The van der Waals surface area contributed by atoms with Crippen molar-refractivity contribution in [2.24, 2.45) is 11.7 Å². The number of hydrogen-bond donors (Lipinski definition) is 1. The molecule has 0 unspecified atom stereocenters. The summed E-state index contributed by atoms with van der Waals surface area (Å²) < 4.78 is 5.94. The molecule has 0 aliphatic carbocycles. The number of carbonyl (C=O) groups is 1. The highest BCUT2D eigenvalue weighted by Gasteiger charge is 2.22. The van der Waals surface area contributed by atoms with Gasteiger partial charge < -0.3 is 10.3 Å². The molecule has 0 radical (unpaired) electrons. The monoisotopic (exact) mass is 267 g/mol. The predicted molar refractivity (Wildman–Crippen MR) is 71.2 cm³/mol. The lowest BCUT2D eigenvalue weighted by molar-refractivity contribution is 0.0681. The van der Waals surface area contributed by atoms with Crippen molar-refractivity contribution in [3.05, 3.63) is 22.2 Å². The second-order valence-electron chi connectivity index (χ2n) is 5.17. The van der Waals surface area contributed by atoms with E-state index in [0.29, 0.717) is 11.7 Å². The third-order valence-corrected chi connectivity index (χ3v) is 3.63. The number of piperidine rings is 1. The van der Waals surface area contributed by atoms with Gasteiger partial charge in [-0.3, -0.25) is 14.5 Å². The minimum atomic E-state index is -0.388. The first-order valence-electron chi connectivity index (χ1n) is 6.75. The number of hydrogen-bond acceptors (Lipinski definition) is 5. The van der Waals surface area contributed by atoms with Crippen molar-refractivity contribution in [1.29, 1.82) is 0 Å². The second-order valence-corrected chi connectivity index (χ2v) is 5.17. The zero-order valence-corrected chi connectivity index (χ0v) is 11.3. The van der Waals surface area contributed by atoms with Crippen molar-refractivity contribution in [2.75, 3.05) is 26.2 Å². The van der Waals surface area contributed by atoms with Crippen LogP contribution in [-0.2, 0) is 0 Å². The molecule has 0 amide bonds. The van der Waals surface area contributed by atoms with Crippen molar-refractivity contribution in [3.63, 3.8) is 0 Å². The zero-order chi connectivity index (χ0) is 13.8. The lowest BCUT2D eigenvalue weighted by atomic mass is 9.94. The maximum atomic E-state index is 12.0. The Bertz CT molecular complexity index is 484. The van der Waals surface area contributed by atoms with Crippen LogP contribution in [0.1, 0.15) is 29.8 Å². The SMILES string of the molecule is Cc1cc(=O)n(C(=O)CN2CCC(CCN)CC2)o1. The molecule has 1 aliphatic rings. The van der Waals surface area contributed by atoms with Crippen LogP contribution < -0.4 is 11.3 Å². The molecule has 0 bridgehead atoms. The van der Waals surface area contributed by atoms with Gasteiger partial charge in [0, 0.05) is 6.07 Å². The molecule has 6 heteroatoms. The van der Waals surface area contributed by atoms with E-state index in [4.69, 9.17) is 10.3 Å². The molecule has 1 saturated heterocycles. The molecule has 1 aromatic rings. The first-order chi connectivity index (χ1) is 9.10. The standard InChI is InChI=1S/C13H21N3O3/c1-10-8-12(17)16(19-10)13(18)9-15-6-3-11(2-5-14)4-7-15/h8,11H,2-7,9,14H2,1H3. The summed E-state index contributed by atoms with van der Waals surface area (Å²) in [6, 6.07) is 1.32. The van der Waals surface area contributed by atoms with Gasteiger partial charge in [-0.25, -0.2) is 0 Å². The van der Waals surface area contributed by atoms with Crippen LogP contribution in [-0.4, -0.2) is 41.7 Å². The Balaban J connectivity index is 1.87. The van der Waals surface area contributed by atoms with E-state index in [9.17, 15) is 9.59 Å². The molecule has 0 aromatic carbocycles. The number of rotatable bonds is 4. The highest BCUT2D eigenvalue weighted by atomic mass is 16.5. The van der Waals surface area contributed by atoms with Crippen LogP contribution >= 0.6 is 0 Å². The number of nitrogens with zero attached hydrogens (tertiary/aromatic N) is 2. The first kappa shape index (κ1) is 14.0. The van der Waals surface area contributed by atoms with Crippen LogP contribution in [0.2, 0.25) is 0 Å². The van der Waals surface area contributed by atoms with Crippen LogP contribution in [0, 0.1) is 12.8 Å². The van der Waals surface area contributed by atoms with Gasteiger partial charge in [0.05, 0.1) is 6.54 Å². The number of carbonyl (C=O) groups excluding carboxylic acids is 1. The summed E-state index contributed by atoms with van der Waals surface area (Å²) in [6.07, 6.45) is 3.19. The average molecular weight is 267 g/mol. The number of aryl methyl sites for hydroxylation is 1. The minimum absolute atomic E-state index is 0.238. The molecule has 0 atom stereocenters. The zero-order valence-electron chi connectivity index (χ0n) is 11.3. The first-order valence-corrected chi connectivity index (χ1v) is 6.75.